The normalized spacial score (nSPS) is 22.0. The molecule has 2 amide bonds. The number of carbonyl (C=O) groups is 2. The molecule has 0 bridgehead atoms. The minimum atomic E-state index is -1.21. The fourth-order valence-electron chi connectivity index (χ4n) is 3.53. The number of likely N-dealkylation sites (tertiary alicyclic amines) is 1. The Morgan fingerprint density at radius 2 is 1.75 bits per heavy atom. The predicted octanol–water partition coefficient (Wildman–Crippen LogP) is 2.33. The summed E-state index contributed by atoms with van der Waals surface area (Å²) in [5, 5.41) is 11.6. The van der Waals surface area contributed by atoms with Gasteiger partial charge in [0.1, 0.15) is 6.04 Å². The van der Waals surface area contributed by atoms with Crippen molar-refractivity contribution < 1.29 is 23.5 Å². The molecule has 1 saturated heterocycles. The Labute approximate surface area is 138 Å². The van der Waals surface area contributed by atoms with Gasteiger partial charge in [-0.25, -0.2) is 8.78 Å². The van der Waals surface area contributed by atoms with E-state index in [0.29, 0.717) is 13.0 Å². The van der Waals surface area contributed by atoms with Crippen molar-refractivity contribution in [3.63, 3.8) is 0 Å². The lowest BCUT2D eigenvalue weighted by atomic mass is 9.94. The number of amides is 2. The average Bonchev–Trinajstić information content (AvgIpc) is 2.93. The molecule has 1 heterocycles. The van der Waals surface area contributed by atoms with Crippen LogP contribution in [0.25, 0.3) is 0 Å². The van der Waals surface area contributed by atoms with Crippen LogP contribution < -0.4 is 5.32 Å². The second kappa shape index (κ2) is 6.75. The molecule has 0 unspecified atom stereocenters. The highest BCUT2D eigenvalue weighted by molar-refractivity contribution is 5.98. The standard InChI is InChI=1S/C17H20F2N2O3/c18-12-8-10(9-13(19)15(12)22)16(23)20-14-6-7-21(17(14)24)11-4-2-1-3-5-11/h8-9,11,14,22H,1-7H2,(H,20,23)/t14-/m0/s1. The molecule has 1 aliphatic carbocycles. The van der Waals surface area contributed by atoms with E-state index in [-0.39, 0.29) is 17.5 Å². The highest BCUT2D eigenvalue weighted by atomic mass is 19.1. The van der Waals surface area contributed by atoms with E-state index in [2.05, 4.69) is 5.32 Å². The molecule has 1 saturated carbocycles. The number of halogens is 2. The lowest BCUT2D eigenvalue weighted by Crippen LogP contribution is -2.45. The second-order valence-corrected chi connectivity index (χ2v) is 6.43. The van der Waals surface area contributed by atoms with E-state index in [0.717, 1.165) is 37.8 Å². The molecule has 1 aromatic carbocycles. The summed E-state index contributed by atoms with van der Waals surface area (Å²) in [6.07, 6.45) is 5.87. The SMILES string of the molecule is O=C(N[C@H]1CCN(C2CCCCC2)C1=O)c1cc(F)c(O)c(F)c1. The lowest BCUT2D eigenvalue weighted by molar-refractivity contribution is -0.131. The van der Waals surface area contributed by atoms with Crippen LogP contribution in [0.1, 0.15) is 48.9 Å². The summed E-state index contributed by atoms with van der Waals surface area (Å²) < 4.78 is 26.7. The first-order chi connectivity index (χ1) is 11.5. The number of nitrogens with zero attached hydrogens (tertiary/aromatic N) is 1. The molecule has 0 radical (unpaired) electrons. The van der Waals surface area contributed by atoms with E-state index >= 15 is 0 Å². The van der Waals surface area contributed by atoms with E-state index in [1.165, 1.54) is 6.42 Å². The number of rotatable bonds is 3. The fourth-order valence-corrected chi connectivity index (χ4v) is 3.53. The van der Waals surface area contributed by atoms with Crippen molar-refractivity contribution >= 4 is 11.8 Å². The maximum atomic E-state index is 13.4. The van der Waals surface area contributed by atoms with Crippen LogP contribution in [0, 0.1) is 11.6 Å². The molecule has 1 atom stereocenters. The number of benzene rings is 1. The van der Waals surface area contributed by atoms with Gasteiger partial charge >= 0.3 is 0 Å². The van der Waals surface area contributed by atoms with Crippen LogP contribution in [-0.4, -0.2) is 40.4 Å². The highest BCUT2D eigenvalue weighted by Crippen LogP contribution is 2.27. The van der Waals surface area contributed by atoms with Crippen molar-refractivity contribution in [3.05, 3.63) is 29.3 Å². The van der Waals surface area contributed by atoms with Gasteiger partial charge < -0.3 is 15.3 Å². The number of hydrogen-bond acceptors (Lipinski definition) is 3. The third kappa shape index (κ3) is 3.20. The first-order valence-electron chi connectivity index (χ1n) is 8.26. The predicted molar refractivity (Wildman–Crippen MR) is 82.5 cm³/mol. The van der Waals surface area contributed by atoms with Crippen molar-refractivity contribution in [3.8, 4) is 5.75 Å². The van der Waals surface area contributed by atoms with Gasteiger partial charge in [-0.05, 0) is 31.4 Å². The maximum Gasteiger partial charge on any atom is 0.252 e. The Morgan fingerprint density at radius 1 is 1.12 bits per heavy atom. The van der Waals surface area contributed by atoms with Crippen molar-refractivity contribution in [2.75, 3.05) is 6.54 Å². The quantitative estimate of drug-likeness (QED) is 0.889. The van der Waals surface area contributed by atoms with E-state index in [4.69, 9.17) is 5.11 Å². The van der Waals surface area contributed by atoms with Gasteiger partial charge in [0.15, 0.2) is 17.4 Å². The van der Waals surface area contributed by atoms with Crippen LogP contribution in [0.4, 0.5) is 8.78 Å². The molecule has 2 fully saturated rings. The molecule has 130 valence electrons. The van der Waals surface area contributed by atoms with Crippen LogP contribution in [-0.2, 0) is 4.79 Å². The molecule has 1 aliphatic heterocycles. The number of hydrogen-bond donors (Lipinski definition) is 2. The number of carbonyl (C=O) groups excluding carboxylic acids is 2. The first-order valence-corrected chi connectivity index (χ1v) is 8.26. The molecule has 1 aromatic rings. The molecule has 2 aliphatic rings. The smallest absolute Gasteiger partial charge is 0.252 e. The van der Waals surface area contributed by atoms with Crippen molar-refractivity contribution in [2.24, 2.45) is 0 Å². The van der Waals surface area contributed by atoms with Gasteiger partial charge in [-0.1, -0.05) is 19.3 Å². The minimum absolute atomic E-state index is 0.130. The zero-order chi connectivity index (χ0) is 17.3. The summed E-state index contributed by atoms with van der Waals surface area (Å²) in [4.78, 5) is 26.5. The number of phenols is 1. The molecule has 0 aromatic heterocycles. The maximum absolute atomic E-state index is 13.4. The van der Waals surface area contributed by atoms with Crippen LogP contribution in [0.3, 0.4) is 0 Å². The average molecular weight is 338 g/mol. The minimum Gasteiger partial charge on any atom is -0.503 e. The molecule has 3 rings (SSSR count). The third-order valence-electron chi connectivity index (χ3n) is 4.84. The Morgan fingerprint density at radius 3 is 2.38 bits per heavy atom. The zero-order valence-electron chi connectivity index (χ0n) is 13.2. The van der Waals surface area contributed by atoms with Gasteiger partial charge in [-0.2, -0.15) is 0 Å². The zero-order valence-corrected chi connectivity index (χ0v) is 13.2. The Hall–Kier alpha value is -2.18. The topological polar surface area (TPSA) is 69.6 Å². The summed E-state index contributed by atoms with van der Waals surface area (Å²) in [5.41, 5.74) is -0.258. The van der Waals surface area contributed by atoms with E-state index in [9.17, 15) is 18.4 Å². The van der Waals surface area contributed by atoms with E-state index in [1.807, 2.05) is 4.90 Å². The van der Waals surface area contributed by atoms with Crippen LogP contribution >= 0.6 is 0 Å². The molecule has 2 N–H and O–H groups in total. The molecule has 0 spiro atoms. The molecule has 7 heteroatoms. The molecular weight excluding hydrogens is 318 g/mol. The Bertz CT molecular complexity index is 636. The van der Waals surface area contributed by atoms with Gasteiger partial charge in [0.25, 0.3) is 5.91 Å². The second-order valence-electron chi connectivity index (χ2n) is 6.43. The lowest BCUT2D eigenvalue weighted by Gasteiger charge is -2.31. The molecular formula is C17H20F2N2O3. The third-order valence-corrected chi connectivity index (χ3v) is 4.84. The Balaban J connectivity index is 1.66. The highest BCUT2D eigenvalue weighted by Gasteiger charge is 2.37. The number of phenolic OH excluding ortho intramolecular Hbond substituents is 1. The van der Waals surface area contributed by atoms with Crippen LogP contribution in [0.15, 0.2) is 12.1 Å². The molecule has 5 nitrogen and oxygen atoms in total. The largest absolute Gasteiger partial charge is 0.503 e. The summed E-state index contributed by atoms with van der Waals surface area (Å²) >= 11 is 0. The summed E-state index contributed by atoms with van der Waals surface area (Å²) in [7, 11) is 0. The van der Waals surface area contributed by atoms with Gasteiger partial charge in [-0.3, -0.25) is 9.59 Å². The first kappa shape index (κ1) is 16.7. The Kier molecular flexibility index (Phi) is 4.69. The van der Waals surface area contributed by atoms with Crippen molar-refractivity contribution in [1.29, 1.82) is 0 Å². The van der Waals surface area contributed by atoms with Crippen molar-refractivity contribution in [2.45, 2.75) is 50.6 Å². The summed E-state index contributed by atoms with van der Waals surface area (Å²) in [6.45, 7) is 0.590. The van der Waals surface area contributed by atoms with Crippen LogP contribution in [0.5, 0.6) is 5.75 Å². The van der Waals surface area contributed by atoms with E-state index in [1.54, 1.807) is 0 Å². The van der Waals surface area contributed by atoms with Crippen LogP contribution in [0.2, 0.25) is 0 Å². The summed E-state index contributed by atoms with van der Waals surface area (Å²) in [6, 6.07) is 1.08. The fraction of sp³-hybridized carbons (Fsp3) is 0.529. The van der Waals surface area contributed by atoms with Crippen molar-refractivity contribution in [1.82, 2.24) is 10.2 Å². The van der Waals surface area contributed by atoms with Gasteiger partial charge in [-0.15, -0.1) is 0 Å². The number of aromatic hydroxyl groups is 1. The van der Waals surface area contributed by atoms with Gasteiger partial charge in [0, 0.05) is 18.2 Å². The number of nitrogens with one attached hydrogen (secondary N) is 1. The van der Waals surface area contributed by atoms with Gasteiger partial charge in [0.2, 0.25) is 5.91 Å². The molecule has 24 heavy (non-hydrogen) atoms. The van der Waals surface area contributed by atoms with E-state index < -0.39 is 29.3 Å². The monoisotopic (exact) mass is 338 g/mol. The van der Waals surface area contributed by atoms with Gasteiger partial charge in [0.05, 0.1) is 0 Å². The summed E-state index contributed by atoms with van der Waals surface area (Å²) in [5.74, 6) is -4.39.